The van der Waals surface area contributed by atoms with Crippen LogP contribution in [0.5, 0.6) is 0 Å². The smallest absolute Gasteiger partial charge is 0.255 e. The lowest BCUT2D eigenvalue weighted by Crippen LogP contribution is -2.47. The minimum atomic E-state index is -0.492. The number of halogens is 1. The van der Waals surface area contributed by atoms with Crippen LogP contribution in [0.25, 0.3) is 0 Å². The molecule has 2 saturated heterocycles. The van der Waals surface area contributed by atoms with Crippen molar-refractivity contribution in [3.8, 4) is 0 Å². The van der Waals surface area contributed by atoms with Gasteiger partial charge >= 0.3 is 0 Å². The number of hydrogen-bond donors (Lipinski definition) is 1. The largest absolute Gasteiger partial charge is 0.380 e. The van der Waals surface area contributed by atoms with Crippen LogP contribution in [0.1, 0.15) is 28.8 Å². The van der Waals surface area contributed by atoms with E-state index in [1.165, 1.54) is 12.1 Å². The molecule has 1 amide bonds. The number of carbonyl (C=O) groups excluding carboxylic acids is 1. The van der Waals surface area contributed by atoms with E-state index in [1.807, 2.05) is 4.90 Å². The number of amides is 1. The Morgan fingerprint density at radius 3 is 2.56 bits per heavy atom. The number of nitrogens with zero attached hydrogens (tertiary/aromatic N) is 2. The van der Waals surface area contributed by atoms with E-state index in [1.54, 1.807) is 30.6 Å². The standard InChI is InChI=1S/C20H22FN3O3/c21-17-3-1-15(2-4-17)12-23-18-11-16(13-22-14-18)19(25)24-7-5-20(6-8-24)26-9-10-27-20/h1-4,11,13-14,23H,5-10,12H2. The zero-order valence-electron chi connectivity index (χ0n) is 15.0. The molecule has 0 radical (unpaired) electrons. The Morgan fingerprint density at radius 2 is 1.85 bits per heavy atom. The summed E-state index contributed by atoms with van der Waals surface area (Å²) >= 11 is 0. The first-order valence-electron chi connectivity index (χ1n) is 9.14. The Morgan fingerprint density at radius 1 is 1.15 bits per heavy atom. The van der Waals surface area contributed by atoms with E-state index in [2.05, 4.69) is 10.3 Å². The third-order valence-corrected chi connectivity index (χ3v) is 5.02. The Bertz CT molecular complexity index is 796. The van der Waals surface area contributed by atoms with Gasteiger partial charge in [0.15, 0.2) is 5.79 Å². The minimum Gasteiger partial charge on any atom is -0.380 e. The van der Waals surface area contributed by atoms with Crippen molar-refractivity contribution in [3.63, 3.8) is 0 Å². The summed E-state index contributed by atoms with van der Waals surface area (Å²) in [5.74, 6) is -0.793. The van der Waals surface area contributed by atoms with Crippen molar-refractivity contribution in [2.24, 2.45) is 0 Å². The van der Waals surface area contributed by atoms with Crippen molar-refractivity contribution in [1.29, 1.82) is 0 Å². The maximum absolute atomic E-state index is 13.0. The van der Waals surface area contributed by atoms with Crippen molar-refractivity contribution in [3.05, 3.63) is 59.7 Å². The maximum atomic E-state index is 13.0. The number of hydrogen-bond acceptors (Lipinski definition) is 5. The average Bonchev–Trinajstić information content (AvgIpc) is 3.16. The second kappa shape index (κ2) is 7.62. The van der Waals surface area contributed by atoms with E-state index in [0.717, 1.165) is 11.3 Å². The van der Waals surface area contributed by atoms with Gasteiger partial charge in [0, 0.05) is 44.9 Å². The average molecular weight is 371 g/mol. The molecule has 2 aromatic rings. The Kier molecular flexibility index (Phi) is 5.05. The highest BCUT2D eigenvalue weighted by molar-refractivity contribution is 5.94. The van der Waals surface area contributed by atoms with E-state index in [4.69, 9.17) is 9.47 Å². The minimum absolute atomic E-state index is 0.0409. The van der Waals surface area contributed by atoms with Gasteiger partial charge in [-0.25, -0.2) is 4.39 Å². The molecule has 0 saturated carbocycles. The van der Waals surface area contributed by atoms with Crippen LogP contribution in [0.4, 0.5) is 10.1 Å². The highest BCUT2D eigenvalue weighted by atomic mass is 19.1. The third-order valence-electron chi connectivity index (χ3n) is 5.02. The highest BCUT2D eigenvalue weighted by Gasteiger charge is 2.40. The monoisotopic (exact) mass is 371 g/mol. The molecule has 0 bridgehead atoms. The van der Waals surface area contributed by atoms with Gasteiger partial charge in [0.1, 0.15) is 5.82 Å². The van der Waals surface area contributed by atoms with E-state index >= 15 is 0 Å². The fourth-order valence-electron chi connectivity index (χ4n) is 3.48. The van der Waals surface area contributed by atoms with Gasteiger partial charge in [-0.2, -0.15) is 0 Å². The zero-order chi connectivity index (χ0) is 18.7. The molecular weight excluding hydrogens is 349 g/mol. The zero-order valence-corrected chi connectivity index (χ0v) is 15.0. The predicted octanol–water partition coefficient (Wildman–Crippen LogP) is 2.81. The summed E-state index contributed by atoms with van der Waals surface area (Å²) < 4.78 is 24.4. The van der Waals surface area contributed by atoms with Crippen LogP contribution < -0.4 is 5.32 Å². The number of piperidine rings is 1. The van der Waals surface area contributed by atoms with Gasteiger partial charge in [-0.1, -0.05) is 12.1 Å². The van der Waals surface area contributed by atoms with Crippen LogP contribution in [-0.2, 0) is 16.0 Å². The number of nitrogens with one attached hydrogen (secondary N) is 1. The number of ether oxygens (including phenoxy) is 2. The van der Waals surface area contributed by atoms with Crippen molar-refractivity contribution >= 4 is 11.6 Å². The molecule has 0 atom stereocenters. The lowest BCUT2D eigenvalue weighted by molar-refractivity contribution is -0.181. The first kappa shape index (κ1) is 17.9. The van der Waals surface area contributed by atoms with Crippen LogP contribution in [0.2, 0.25) is 0 Å². The van der Waals surface area contributed by atoms with Crippen molar-refractivity contribution in [1.82, 2.24) is 9.88 Å². The number of rotatable bonds is 4. The molecule has 2 aliphatic rings. The molecule has 0 unspecified atom stereocenters. The van der Waals surface area contributed by atoms with Crippen LogP contribution in [0, 0.1) is 5.82 Å². The van der Waals surface area contributed by atoms with E-state index < -0.39 is 5.79 Å². The molecule has 3 heterocycles. The first-order valence-corrected chi connectivity index (χ1v) is 9.14. The quantitative estimate of drug-likeness (QED) is 0.895. The topological polar surface area (TPSA) is 63.7 Å². The Labute approximate surface area is 157 Å². The molecule has 4 rings (SSSR count). The summed E-state index contributed by atoms with van der Waals surface area (Å²) in [6.45, 7) is 2.98. The molecule has 1 aromatic carbocycles. The SMILES string of the molecule is O=C(c1cncc(NCc2ccc(F)cc2)c1)N1CCC2(CC1)OCCO2. The lowest BCUT2D eigenvalue weighted by atomic mass is 10.0. The Balaban J connectivity index is 1.37. The molecule has 27 heavy (non-hydrogen) atoms. The van der Waals surface area contributed by atoms with Gasteiger partial charge in [0.05, 0.1) is 24.5 Å². The molecular formula is C20H22FN3O3. The summed E-state index contributed by atoms with van der Waals surface area (Å²) in [6.07, 6.45) is 4.63. The van der Waals surface area contributed by atoms with Gasteiger partial charge in [-0.3, -0.25) is 9.78 Å². The van der Waals surface area contributed by atoms with Crippen molar-refractivity contribution < 1.29 is 18.7 Å². The molecule has 0 aliphatic carbocycles. The van der Waals surface area contributed by atoms with Gasteiger partial charge in [-0.15, -0.1) is 0 Å². The van der Waals surface area contributed by atoms with Crippen molar-refractivity contribution in [2.75, 3.05) is 31.6 Å². The number of likely N-dealkylation sites (tertiary alicyclic amines) is 1. The molecule has 1 N–H and O–H groups in total. The summed E-state index contributed by atoms with van der Waals surface area (Å²) in [7, 11) is 0. The van der Waals surface area contributed by atoms with Gasteiger partial charge in [0.2, 0.25) is 0 Å². The fourth-order valence-corrected chi connectivity index (χ4v) is 3.48. The Hall–Kier alpha value is -2.51. The highest BCUT2D eigenvalue weighted by Crippen LogP contribution is 2.31. The maximum Gasteiger partial charge on any atom is 0.255 e. The summed E-state index contributed by atoms with van der Waals surface area (Å²) in [5.41, 5.74) is 2.25. The van der Waals surface area contributed by atoms with E-state index in [-0.39, 0.29) is 11.7 Å². The second-order valence-electron chi connectivity index (χ2n) is 6.84. The van der Waals surface area contributed by atoms with Crippen LogP contribution in [-0.4, -0.2) is 47.9 Å². The number of benzene rings is 1. The summed E-state index contributed by atoms with van der Waals surface area (Å²) in [4.78, 5) is 18.8. The van der Waals surface area contributed by atoms with Gasteiger partial charge in [-0.05, 0) is 23.8 Å². The summed E-state index contributed by atoms with van der Waals surface area (Å²) in [5, 5.41) is 3.22. The van der Waals surface area contributed by atoms with E-state index in [0.29, 0.717) is 51.3 Å². The fraction of sp³-hybridized carbons (Fsp3) is 0.400. The van der Waals surface area contributed by atoms with Crippen LogP contribution in [0.15, 0.2) is 42.7 Å². The molecule has 142 valence electrons. The molecule has 6 nitrogen and oxygen atoms in total. The molecule has 1 spiro atoms. The number of pyridine rings is 1. The molecule has 2 fully saturated rings. The van der Waals surface area contributed by atoms with Crippen molar-refractivity contribution in [2.45, 2.75) is 25.2 Å². The molecule has 1 aromatic heterocycles. The third kappa shape index (κ3) is 4.09. The predicted molar refractivity (Wildman–Crippen MR) is 97.7 cm³/mol. The number of aromatic nitrogens is 1. The number of anilines is 1. The van der Waals surface area contributed by atoms with Gasteiger partial charge in [0.25, 0.3) is 5.91 Å². The van der Waals surface area contributed by atoms with Gasteiger partial charge < -0.3 is 19.7 Å². The first-order chi connectivity index (χ1) is 13.1. The van der Waals surface area contributed by atoms with Crippen LogP contribution >= 0.6 is 0 Å². The lowest BCUT2D eigenvalue weighted by Gasteiger charge is -2.37. The van der Waals surface area contributed by atoms with E-state index in [9.17, 15) is 9.18 Å². The molecule has 2 aliphatic heterocycles. The second-order valence-corrected chi connectivity index (χ2v) is 6.84. The molecule has 7 heteroatoms. The summed E-state index contributed by atoms with van der Waals surface area (Å²) in [6, 6.07) is 8.10. The van der Waals surface area contributed by atoms with Crippen LogP contribution in [0.3, 0.4) is 0 Å². The number of carbonyl (C=O) groups is 1. The normalized spacial score (nSPS) is 18.6.